The summed E-state index contributed by atoms with van der Waals surface area (Å²) in [6, 6.07) is 24.1. The highest BCUT2D eigenvalue weighted by Gasteiger charge is 2.18. The van der Waals surface area contributed by atoms with Gasteiger partial charge in [-0.15, -0.1) is 0 Å². The van der Waals surface area contributed by atoms with Crippen molar-refractivity contribution >= 4 is 22.5 Å². The summed E-state index contributed by atoms with van der Waals surface area (Å²) < 4.78 is 1.91. The van der Waals surface area contributed by atoms with Gasteiger partial charge < -0.3 is 5.32 Å². The smallest absolute Gasteiger partial charge is 0.256 e. The standard InChI is InChI=1S/C30H28N4O/c1-5-22-8-6-7-9-27(22)33-30(35)25-17-29(32-28-15-12-20(3)16-24(25)28)26-18-31-34(21(26)4)23-13-10-19(2)11-14-23/h6-18H,5H2,1-4H3,(H,33,35). The molecule has 5 nitrogen and oxygen atoms in total. The Kier molecular flexibility index (Phi) is 5.91. The lowest BCUT2D eigenvalue weighted by Gasteiger charge is -2.13. The summed E-state index contributed by atoms with van der Waals surface area (Å²) in [5.41, 5.74) is 9.19. The van der Waals surface area contributed by atoms with Crippen molar-refractivity contribution in [1.29, 1.82) is 0 Å². The van der Waals surface area contributed by atoms with Crippen LogP contribution in [0.15, 0.2) is 79.0 Å². The van der Waals surface area contributed by atoms with Crippen LogP contribution in [0.5, 0.6) is 0 Å². The maximum Gasteiger partial charge on any atom is 0.256 e. The Bertz CT molecular complexity index is 1550. The second-order valence-corrected chi connectivity index (χ2v) is 8.93. The number of rotatable bonds is 5. The number of benzene rings is 3. The van der Waals surface area contributed by atoms with Gasteiger partial charge in [-0.2, -0.15) is 5.10 Å². The maximum absolute atomic E-state index is 13.6. The largest absolute Gasteiger partial charge is 0.322 e. The van der Waals surface area contributed by atoms with Crippen molar-refractivity contribution in [3.8, 4) is 16.9 Å². The van der Waals surface area contributed by atoms with Crippen LogP contribution in [-0.4, -0.2) is 20.7 Å². The van der Waals surface area contributed by atoms with Crippen LogP contribution in [0.25, 0.3) is 27.8 Å². The summed E-state index contributed by atoms with van der Waals surface area (Å²) in [5, 5.41) is 8.60. The highest BCUT2D eigenvalue weighted by atomic mass is 16.1. The van der Waals surface area contributed by atoms with Crippen LogP contribution in [0, 0.1) is 20.8 Å². The molecule has 0 fully saturated rings. The second-order valence-electron chi connectivity index (χ2n) is 8.93. The van der Waals surface area contributed by atoms with Gasteiger partial charge in [0.25, 0.3) is 5.91 Å². The molecule has 0 saturated carbocycles. The summed E-state index contributed by atoms with van der Waals surface area (Å²) in [6.07, 6.45) is 2.67. The van der Waals surface area contributed by atoms with Gasteiger partial charge in [0.15, 0.2) is 0 Å². The number of carbonyl (C=O) groups is 1. The van der Waals surface area contributed by atoms with Gasteiger partial charge in [0.1, 0.15) is 0 Å². The van der Waals surface area contributed by atoms with E-state index in [-0.39, 0.29) is 5.91 Å². The first-order valence-corrected chi connectivity index (χ1v) is 11.9. The van der Waals surface area contributed by atoms with Crippen molar-refractivity contribution in [3.05, 3.63) is 107 Å². The number of nitrogens with one attached hydrogen (secondary N) is 1. The van der Waals surface area contributed by atoms with Crippen molar-refractivity contribution in [1.82, 2.24) is 14.8 Å². The van der Waals surface area contributed by atoms with Crippen molar-refractivity contribution in [2.75, 3.05) is 5.32 Å². The average molecular weight is 461 g/mol. The predicted molar refractivity (Wildman–Crippen MR) is 142 cm³/mol. The lowest BCUT2D eigenvalue weighted by Crippen LogP contribution is -2.14. The van der Waals surface area contributed by atoms with Crippen LogP contribution in [0.4, 0.5) is 5.69 Å². The molecule has 5 rings (SSSR count). The van der Waals surface area contributed by atoms with Crippen LogP contribution >= 0.6 is 0 Å². The first kappa shape index (κ1) is 22.5. The summed E-state index contributed by atoms with van der Waals surface area (Å²) in [4.78, 5) is 18.5. The van der Waals surface area contributed by atoms with E-state index < -0.39 is 0 Å². The van der Waals surface area contributed by atoms with Gasteiger partial charge >= 0.3 is 0 Å². The molecule has 0 atom stereocenters. The molecule has 0 unspecified atom stereocenters. The van der Waals surface area contributed by atoms with Crippen LogP contribution < -0.4 is 5.32 Å². The Hall–Kier alpha value is -4.25. The number of aromatic nitrogens is 3. The van der Waals surface area contributed by atoms with Crippen molar-refractivity contribution in [3.63, 3.8) is 0 Å². The molecule has 0 aliphatic carbocycles. The molecular weight excluding hydrogens is 432 g/mol. The number of nitrogens with zero attached hydrogens (tertiary/aromatic N) is 3. The fourth-order valence-corrected chi connectivity index (χ4v) is 4.41. The highest BCUT2D eigenvalue weighted by molar-refractivity contribution is 6.13. The number of hydrogen-bond acceptors (Lipinski definition) is 3. The number of hydrogen-bond donors (Lipinski definition) is 1. The quantitative estimate of drug-likeness (QED) is 0.313. The lowest BCUT2D eigenvalue weighted by molar-refractivity contribution is 0.102. The Balaban J connectivity index is 1.61. The van der Waals surface area contributed by atoms with Crippen LogP contribution in [-0.2, 0) is 6.42 Å². The fourth-order valence-electron chi connectivity index (χ4n) is 4.41. The van der Waals surface area contributed by atoms with E-state index in [1.54, 1.807) is 0 Å². The first-order chi connectivity index (χ1) is 16.9. The molecule has 1 N–H and O–H groups in total. The van der Waals surface area contributed by atoms with Crippen LogP contribution in [0.3, 0.4) is 0 Å². The first-order valence-electron chi connectivity index (χ1n) is 11.9. The van der Waals surface area contributed by atoms with E-state index in [4.69, 9.17) is 4.98 Å². The van der Waals surface area contributed by atoms with Crippen LogP contribution in [0.2, 0.25) is 0 Å². The molecule has 0 aliphatic heterocycles. The van der Waals surface area contributed by atoms with Gasteiger partial charge in [-0.1, -0.05) is 54.4 Å². The van der Waals surface area contributed by atoms with Gasteiger partial charge in [0.2, 0.25) is 0 Å². The van der Waals surface area contributed by atoms with Gasteiger partial charge in [-0.05, 0) is 69.2 Å². The summed E-state index contributed by atoms with van der Waals surface area (Å²) in [5.74, 6) is -0.145. The minimum atomic E-state index is -0.145. The minimum Gasteiger partial charge on any atom is -0.322 e. The van der Waals surface area contributed by atoms with E-state index in [0.29, 0.717) is 5.56 Å². The molecule has 2 aromatic heterocycles. The third kappa shape index (κ3) is 4.33. The van der Waals surface area contributed by atoms with E-state index in [0.717, 1.165) is 56.8 Å². The zero-order valence-corrected chi connectivity index (χ0v) is 20.5. The Morgan fingerprint density at radius 2 is 1.66 bits per heavy atom. The monoisotopic (exact) mass is 460 g/mol. The molecule has 1 amide bonds. The van der Waals surface area contributed by atoms with Gasteiger partial charge in [-0.3, -0.25) is 4.79 Å². The Morgan fingerprint density at radius 3 is 2.43 bits per heavy atom. The number of anilines is 1. The van der Waals surface area contributed by atoms with E-state index >= 15 is 0 Å². The number of para-hydroxylation sites is 1. The zero-order valence-electron chi connectivity index (χ0n) is 20.5. The molecule has 0 radical (unpaired) electrons. The third-order valence-corrected chi connectivity index (χ3v) is 6.42. The predicted octanol–water partition coefficient (Wildman–Crippen LogP) is 6.83. The molecule has 5 aromatic rings. The van der Waals surface area contributed by atoms with E-state index in [1.807, 2.05) is 73.3 Å². The minimum absolute atomic E-state index is 0.145. The SMILES string of the molecule is CCc1ccccc1NC(=O)c1cc(-c2cnn(-c3ccc(C)cc3)c2C)nc2ccc(C)cc12. The fraction of sp³-hybridized carbons (Fsp3) is 0.167. The molecule has 35 heavy (non-hydrogen) atoms. The van der Waals surface area contributed by atoms with Gasteiger partial charge in [0, 0.05) is 16.6 Å². The number of fused-ring (bicyclic) bond motifs is 1. The summed E-state index contributed by atoms with van der Waals surface area (Å²) in [7, 11) is 0. The molecule has 2 heterocycles. The van der Waals surface area contributed by atoms with Crippen LogP contribution in [0.1, 0.15) is 39.7 Å². The summed E-state index contributed by atoms with van der Waals surface area (Å²) >= 11 is 0. The molecule has 5 heteroatoms. The molecular formula is C30H28N4O. The van der Waals surface area contributed by atoms with Gasteiger partial charge in [0.05, 0.1) is 34.4 Å². The average Bonchev–Trinajstić information content (AvgIpc) is 3.25. The normalized spacial score (nSPS) is 11.1. The molecule has 3 aromatic carbocycles. The topological polar surface area (TPSA) is 59.8 Å². The highest BCUT2D eigenvalue weighted by Crippen LogP contribution is 2.29. The lowest BCUT2D eigenvalue weighted by atomic mass is 10.0. The van der Waals surface area contributed by atoms with Crippen molar-refractivity contribution in [2.45, 2.75) is 34.1 Å². The maximum atomic E-state index is 13.6. The Morgan fingerprint density at radius 1 is 0.914 bits per heavy atom. The number of amides is 1. The Labute approximate surface area is 205 Å². The van der Waals surface area contributed by atoms with Crippen molar-refractivity contribution in [2.24, 2.45) is 0 Å². The zero-order chi connectivity index (χ0) is 24.5. The van der Waals surface area contributed by atoms with E-state index in [2.05, 4.69) is 48.5 Å². The molecule has 174 valence electrons. The number of carbonyl (C=O) groups excluding carboxylic acids is 1. The molecule has 0 aliphatic rings. The van der Waals surface area contributed by atoms with Gasteiger partial charge in [-0.25, -0.2) is 9.67 Å². The second kappa shape index (κ2) is 9.18. The van der Waals surface area contributed by atoms with E-state index in [9.17, 15) is 4.79 Å². The van der Waals surface area contributed by atoms with Crippen molar-refractivity contribution < 1.29 is 4.79 Å². The molecule has 0 bridgehead atoms. The third-order valence-electron chi connectivity index (χ3n) is 6.42. The number of pyridine rings is 1. The number of aryl methyl sites for hydroxylation is 3. The van der Waals surface area contributed by atoms with E-state index in [1.165, 1.54) is 5.56 Å². The summed E-state index contributed by atoms with van der Waals surface area (Å²) in [6.45, 7) is 8.21. The molecule has 0 spiro atoms. The molecule has 0 saturated heterocycles.